The third-order valence-electron chi connectivity index (χ3n) is 5.11. The highest BCUT2D eigenvalue weighted by atomic mass is 32.1. The maximum Gasteiger partial charge on any atom is 0.291 e. The van der Waals surface area contributed by atoms with Crippen LogP contribution in [0.5, 0.6) is 0 Å². The number of fused-ring (bicyclic) bond motifs is 1. The molecule has 8 nitrogen and oxygen atoms in total. The molecule has 5 aromatic rings. The molecule has 0 aliphatic rings. The van der Waals surface area contributed by atoms with Crippen molar-refractivity contribution in [2.24, 2.45) is 7.05 Å². The summed E-state index contributed by atoms with van der Waals surface area (Å²) in [5.74, 6) is -0.450. The SMILES string of the molecule is Cc1nn(C)c2nc(-c3cccs3)cc(C(=O)Nc3cccc(NC(=O)c4ccco4)c3)c12. The number of amides is 2. The predicted octanol–water partition coefficient (Wildman–Crippen LogP) is 5.10. The molecule has 9 heteroatoms. The van der Waals surface area contributed by atoms with Gasteiger partial charge in [0.2, 0.25) is 0 Å². The lowest BCUT2D eigenvalue weighted by atomic mass is 10.1. The van der Waals surface area contributed by atoms with Crippen LogP contribution in [0.15, 0.2) is 70.7 Å². The Morgan fingerprint density at radius 1 is 1.00 bits per heavy atom. The number of nitrogens with zero attached hydrogens (tertiary/aromatic N) is 3. The molecule has 4 aromatic heterocycles. The van der Waals surface area contributed by atoms with Crippen molar-refractivity contribution in [3.8, 4) is 10.6 Å². The lowest BCUT2D eigenvalue weighted by Gasteiger charge is -2.10. The van der Waals surface area contributed by atoms with E-state index in [2.05, 4.69) is 15.7 Å². The minimum atomic E-state index is -0.370. The van der Waals surface area contributed by atoms with Gasteiger partial charge in [0, 0.05) is 18.4 Å². The second kappa shape index (κ2) is 8.36. The van der Waals surface area contributed by atoms with Gasteiger partial charge in [-0.2, -0.15) is 5.10 Å². The van der Waals surface area contributed by atoms with E-state index in [4.69, 9.17) is 9.40 Å². The van der Waals surface area contributed by atoms with Gasteiger partial charge in [0.1, 0.15) is 0 Å². The first-order chi connectivity index (χ1) is 16.0. The number of carbonyl (C=O) groups is 2. The fourth-order valence-corrected chi connectivity index (χ4v) is 4.33. The normalized spacial score (nSPS) is 11.0. The topological polar surface area (TPSA) is 102 Å². The Labute approximate surface area is 192 Å². The number of anilines is 2. The van der Waals surface area contributed by atoms with E-state index in [1.54, 1.807) is 58.5 Å². The van der Waals surface area contributed by atoms with Crippen molar-refractivity contribution in [3.05, 3.63) is 83.3 Å². The maximum atomic E-state index is 13.4. The molecule has 33 heavy (non-hydrogen) atoms. The second-order valence-electron chi connectivity index (χ2n) is 7.41. The number of rotatable bonds is 5. The van der Waals surface area contributed by atoms with Gasteiger partial charge in [0.25, 0.3) is 11.8 Å². The number of thiophene rings is 1. The first-order valence-corrected chi connectivity index (χ1v) is 11.0. The molecule has 0 saturated carbocycles. The summed E-state index contributed by atoms with van der Waals surface area (Å²) in [4.78, 5) is 31.3. The Bertz CT molecular complexity index is 1470. The van der Waals surface area contributed by atoms with Crippen molar-refractivity contribution in [2.45, 2.75) is 6.92 Å². The average Bonchev–Trinajstić information content (AvgIpc) is 3.56. The number of carbonyl (C=O) groups excluding carboxylic acids is 2. The van der Waals surface area contributed by atoms with Crippen LogP contribution in [0, 0.1) is 6.92 Å². The zero-order valence-electron chi connectivity index (χ0n) is 17.8. The van der Waals surface area contributed by atoms with E-state index in [1.165, 1.54) is 6.26 Å². The highest BCUT2D eigenvalue weighted by Crippen LogP contribution is 2.30. The van der Waals surface area contributed by atoms with Crippen molar-refractivity contribution in [1.82, 2.24) is 14.8 Å². The molecule has 1 aromatic carbocycles. The standard InChI is InChI=1S/C24H19N5O3S/c1-14-21-17(13-18(20-9-5-11-33-20)27-22(21)29(2)28-14)23(30)25-15-6-3-7-16(12-15)26-24(31)19-8-4-10-32-19/h3-13H,1-2H3,(H,25,30)(H,26,31). The molecule has 2 amide bonds. The Kier molecular flexibility index (Phi) is 5.23. The number of aryl methyl sites for hydroxylation is 2. The quantitative estimate of drug-likeness (QED) is 0.382. The molecule has 0 saturated heterocycles. The van der Waals surface area contributed by atoms with Crippen molar-refractivity contribution in [2.75, 3.05) is 10.6 Å². The minimum absolute atomic E-state index is 0.205. The summed E-state index contributed by atoms with van der Waals surface area (Å²) in [6.45, 7) is 1.86. The van der Waals surface area contributed by atoms with Gasteiger partial charge >= 0.3 is 0 Å². The van der Waals surface area contributed by atoms with Crippen molar-refractivity contribution in [1.29, 1.82) is 0 Å². The Morgan fingerprint density at radius 2 is 1.79 bits per heavy atom. The fraction of sp³-hybridized carbons (Fsp3) is 0.0833. The lowest BCUT2D eigenvalue weighted by Crippen LogP contribution is -2.14. The highest BCUT2D eigenvalue weighted by molar-refractivity contribution is 7.13. The zero-order chi connectivity index (χ0) is 22.9. The lowest BCUT2D eigenvalue weighted by molar-refractivity contribution is 0.0995. The van der Waals surface area contributed by atoms with Crippen molar-refractivity contribution < 1.29 is 14.0 Å². The summed E-state index contributed by atoms with van der Waals surface area (Å²) >= 11 is 1.56. The Hall–Kier alpha value is -4.24. The number of aromatic nitrogens is 3. The molecule has 0 radical (unpaired) electrons. The predicted molar refractivity (Wildman–Crippen MR) is 128 cm³/mol. The average molecular weight is 458 g/mol. The van der Waals surface area contributed by atoms with Gasteiger partial charge in [-0.1, -0.05) is 12.1 Å². The van der Waals surface area contributed by atoms with Gasteiger partial charge in [0.05, 0.1) is 33.5 Å². The van der Waals surface area contributed by atoms with Crippen LogP contribution in [0.1, 0.15) is 26.6 Å². The molecule has 2 N–H and O–H groups in total. The number of furan rings is 1. The van der Waals surface area contributed by atoms with Crippen LogP contribution in [0.2, 0.25) is 0 Å². The molecule has 0 spiro atoms. The Balaban J connectivity index is 1.47. The van der Waals surface area contributed by atoms with Crippen molar-refractivity contribution in [3.63, 3.8) is 0 Å². The second-order valence-corrected chi connectivity index (χ2v) is 8.35. The third-order valence-corrected chi connectivity index (χ3v) is 6.00. The Morgan fingerprint density at radius 3 is 2.48 bits per heavy atom. The summed E-state index contributed by atoms with van der Waals surface area (Å²) in [5, 5.41) is 12.8. The monoisotopic (exact) mass is 457 g/mol. The van der Waals surface area contributed by atoms with Gasteiger partial charge in [-0.25, -0.2) is 4.98 Å². The summed E-state index contributed by atoms with van der Waals surface area (Å²) in [6.07, 6.45) is 1.44. The van der Waals surface area contributed by atoms with E-state index >= 15 is 0 Å². The van der Waals surface area contributed by atoms with Crippen LogP contribution >= 0.6 is 11.3 Å². The van der Waals surface area contributed by atoms with Crippen LogP contribution in [-0.2, 0) is 7.05 Å². The maximum absolute atomic E-state index is 13.4. The summed E-state index contributed by atoms with van der Waals surface area (Å²) in [6, 6.07) is 15.9. The number of pyridine rings is 1. The molecule has 0 atom stereocenters. The molecular formula is C24H19N5O3S. The first-order valence-electron chi connectivity index (χ1n) is 10.1. The third kappa shape index (κ3) is 4.01. The van der Waals surface area contributed by atoms with E-state index in [1.807, 2.05) is 31.5 Å². The molecular weight excluding hydrogens is 438 g/mol. The van der Waals surface area contributed by atoms with E-state index < -0.39 is 0 Å². The molecule has 0 fully saturated rings. The number of hydrogen-bond donors (Lipinski definition) is 2. The molecule has 0 unspecified atom stereocenters. The number of benzene rings is 1. The molecule has 164 valence electrons. The zero-order valence-corrected chi connectivity index (χ0v) is 18.6. The van der Waals surface area contributed by atoms with Crippen molar-refractivity contribution >= 4 is 45.6 Å². The van der Waals surface area contributed by atoms with E-state index in [9.17, 15) is 9.59 Å². The van der Waals surface area contributed by atoms with Gasteiger partial charge in [0.15, 0.2) is 11.4 Å². The van der Waals surface area contributed by atoms with Crippen LogP contribution in [-0.4, -0.2) is 26.6 Å². The molecule has 0 aliphatic carbocycles. The van der Waals surface area contributed by atoms with E-state index in [-0.39, 0.29) is 17.6 Å². The minimum Gasteiger partial charge on any atom is -0.459 e. The molecule has 0 aliphatic heterocycles. The smallest absolute Gasteiger partial charge is 0.291 e. The van der Waals surface area contributed by atoms with Crippen LogP contribution < -0.4 is 10.6 Å². The molecule has 0 bridgehead atoms. The summed E-state index contributed by atoms with van der Waals surface area (Å²) in [7, 11) is 1.81. The number of hydrogen-bond acceptors (Lipinski definition) is 6. The first kappa shape index (κ1) is 20.7. The number of nitrogens with one attached hydrogen (secondary N) is 2. The van der Waals surface area contributed by atoms with Crippen LogP contribution in [0.25, 0.3) is 21.6 Å². The van der Waals surface area contributed by atoms with Gasteiger partial charge in [-0.05, 0) is 54.8 Å². The highest BCUT2D eigenvalue weighted by Gasteiger charge is 2.20. The van der Waals surface area contributed by atoms with Gasteiger partial charge in [-0.3, -0.25) is 14.3 Å². The van der Waals surface area contributed by atoms with Crippen LogP contribution in [0.3, 0.4) is 0 Å². The van der Waals surface area contributed by atoms with Gasteiger partial charge in [-0.15, -0.1) is 11.3 Å². The largest absolute Gasteiger partial charge is 0.459 e. The molecule has 4 heterocycles. The molecule has 5 rings (SSSR count). The van der Waals surface area contributed by atoms with Gasteiger partial charge < -0.3 is 15.1 Å². The fourth-order valence-electron chi connectivity index (χ4n) is 3.65. The summed E-state index contributed by atoms with van der Waals surface area (Å²) < 4.78 is 6.81. The van der Waals surface area contributed by atoms with E-state index in [0.29, 0.717) is 33.7 Å². The van der Waals surface area contributed by atoms with E-state index in [0.717, 1.165) is 10.6 Å². The summed E-state index contributed by atoms with van der Waals surface area (Å²) in [5.41, 5.74) is 3.64. The van der Waals surface area contributed by atoms with Crippen LogP contribution in [0.4, 0.5) is 11.4 Å².